The van der Waals surface area contributed by atoms with Crippen molar-refractivity contribution < 1.29 is 8.78 Å². The van der Waals surface area contributed by atoms with E-state index in [9.17, 15) is 8.78 Å². The van der Waals surface area contributed by atoms with Gasteiger partial charge in [-0.2, -0.15) is 0 Å². The molecule has 3 rings (SSSR count). The molecule has 1 aromatic heterocycles. The molecule has 2 nitrogen and oxygen atoms in total. The zero-order chi connectivity index (χ0) is 12.7. The van der Waals surface area contributed by atoms with E-state index < -0.39 is 11.6 Å². The van der Waals surface area contributed by atoms with Crippen LogP contribution in [0.15, 0.2) is 24.4 Å². The highest BCUT2D eigenvalue weighted by Crippen LogP contribution is 2.33. The third kappa shape index (κ3) is 1.72. The van der Waals surface area contributed by atoms with Gasteiger partial charge in [0.1, 0.15) is 11.3 Å². The number of hydrogen-bond acceptors (Lipinski definition) is 2. The zero-order valence-electron chi connectivity index (χ0n) is 10.2. The lowest BCUT2D eigenvalue weighted by Crippen LogP contribution is -2.37. The van der Waals surface area contributed by atoms with Crippen molar-refractivity contribution in [1.29, 1.82) is 0 Å². The van der Waals surface area contributed by atoms with Gasteiger partial charge in [0.2, 0.25) is 0 Å². The lowest BCUT2D eigenvalue weighted by atomic mass is 9.91. The molecular weight excluding hydrogens is 234 g/mol. The maximum atomic E-state index is 13.7. The second-order valence-corrected chi connectivity index (χ2v) is 4.81. The number of fused-ring (bicyclic) bond motifs is 1. The summed E-state index contributed by atoms with van der Waals surface area (Å²) < 4.78 is 27.0. The van der Waals surface area contributed by atoms with Crippen LogP contribution in [0.1, 0.15) is 19.3 Å². The van der Waals surface area contributed by atoms with Crippen molar-refractivity contribution >= 4 is 16.6 Å². The number of anilines is 1. The van der Waals surface area contributed by atoms with Crippen LogP contribution in [0.25, 0.3) is 10.9 Å². The Hall–Kier alpha value is -1.71. The molecule has 1 aliphatic rings. The molecule has 0 amide bonds. The Kier molecular flexibility index (Phi) is 2.65. The summed E-state index contributed by atoms with van der Waals surface area (Å²) in [5.74, 6) is -1.16. The minimum Gasteiger partial charge on any atom is -0.371 e. The summed E-state index contributed by atoms with van der Waals surface area (Å²) in [7, 11) is 1.97. The van der Waals surface area contributed by atoms with E-state index in [2.05, 4.69) is 9.88 Å². The van der Waals surface area contributed by atoms with E-state index in [1.807, 2.05) is 13.1 Å². The highest BCUT2D eigenvalue weighted by atomic mass is 19.1. The first-order valence-electron chi connectivity index (χ1n) is 6.13. The van der Waals surface area contributed by atoms with Gasteiger partial charge in [-0.3, -0.25) is 4.98 Å². The first-order valence-corrected chi connectivity index (χ1v) is 6.13. The number of pyridine rings is 1. The summed E-state index contributed by atoms with van der Waals surface area (Å²) in [5.41, 5.74) is 1.09. The highest BCUT2D eigenvalue weighted by molar-refractivity contribution is 5.92. The molecule has 1 aliphatic carbocycles. The van der Waals surface area contributed by atoms with E-state index in [1.54, 1.807) is 6.20 Å². The minimum atomic E-state index is -0.603. The number of rotatable bonds is 2. The average molecular weight is 248 g/mol. The first kappa shape index (κ1) is 11.4. The Morgan fingerprint density at radius 2 is 2.06 bits per heavy atom. The maximum Gasteiger partial charge on any atom is 0.152 e. The molecule has 0 aliphatic heterocycles. The number of benzene rings is 1. The van der Waals surface area contributed by atoms with Crippen LogP contribution in [0.2, 0.25) is 0 Å². The molecule has 0 N–H and O–H groups in total. The lowest BCUT2D eigenvalue weighted by Gasteiger charge is -2.36. The third-order valence-corrected chi connectivity index (χ3v) is 3.74. The summed E-state index contributed by atoms with van der Waals surface area (Å²) >= 11 is 0. The van der Waals surface area contributed by atoms with Crippen molar-refractivity contribution in [3.63, 3.8) is 0 Å². The Morgan fingerprint density at radius 1 is 1.28 bits per heavy atom. The van der Waals surface area contributed by atoms with Crippen LogP contribution < -0.4 is 4.90 Å². The molecule has 18 heavy (non-hydrogen) atoms. The van der Waals surface area contributed by atoms with Gasteiger partial charge in [0.15, 0.2) is 5.82 Å². The molecule has 1 fully saturated rings. The van der Waals surface area contributed by atoms with E-state index >= 15 is 0 Å². The average Bonchev–Trinajstić information content (AvgIpc) is 2.25. The Morgan fingerprint density at radius 3 is 2.72 bits per heavy atom. The molecule has 1 aromatic carbocycles. The molecule has 0 saturated heterocycles. The van der Waals surface area contributed by atoms with Crippen molar-refractivity contribution in [3.05, 3.63) is 36.0 Å². The second-order valence-electron chi connectivity index (χ2n) is 4.81. The topological polar surface area (TPSA) is 16.1 Å². The molecular formula is C14H14F2N2. The largest absolute Gasteiger partial charge is 0.371 e. The number of hydrogen-bond donors (Lipinski definition) is 0. The van der Waals surface area contributed by atoms with Crippen molar-refractivity contribution in [2.24, 2.45) is 0 Å². The molecule has 0 bridgehead atoms. The van der Waals surface area contributed by atoms with Crippen LogP contribution in [0.5, 0.6) is 0 Å². The van der Waals surface area contributed by atoms with Gasteiger partial charge < -0.3 is 4.90 Å². The fraction of sp³-hybridized carbons (Fsp3) is 0.357. The lowest BCUT2D eigenvalue weighted by molar-refractivity contribution is 0.401. The Bertz CT molecular complexity index is 594. The highest BCUT2D eigenvalue weighted by Gasteiger charge is 2.24. The van der Waals surface area contributed by atoms with Gasteiger partial charge in [-0.1, -0.05) is 0 Å². The third-order valence-electron chi connectivity index (χ3n) is 3.74. The molecule has 2 aromatic rings. The van der Waals surface area contributed by atoms with E-state index in [-0.39, 0.29) is 5.52 Å². The van der Waals surface area contributed by atoms with Crippen molar-refractivity contribution in [2.75, 3.05) is 11.9 Å². The Labute approximate surface area is 104 Å². The fourth-order valence-corrected chi connectivity index (χ4v) is 2.44. The maximum absolute atomic E-state index is 13.7. The van der Waals surface area contributed by atoms with Gasteiger partial charge in [-0.05, 0) is 31.4 Å². The fourth-order valence-electron chi connectivity index (χ4n) is 2.44. The van der Waals surface area contributed by atoms with E-state index in [1.165, 1.54) is 12.5 Å². The molecule has 4 heteroatoms. The van der Waals surface area contributed by atoms with E-state index in [4.69, 9.17) is 0 Å². The predicted octanol–water partition coefficient (Wildman–Crippen LogP) is 3.50. The van der Waals surface area contributed by atoms with Crippen molar-refractivity contribution in [3.8, 4) is 0 Å². The van der Waals surface area contributed by atoms with Crippen LogP contribution in [0, 0.1) is 11.6 Å². The van der Waals surface area contributed by atoms with Gasteiger partial charge >= 0.3 is 0 Å². The molecule has 0 spiro atoms. The van der Waals surface area contributed by atoms with E-state index in [0.717, 1.165) is 24.6 Å². The van der Waals surface area contributed by atoms with Crippen LogP contribution in [0.4, 0.5) is 14.5 Å². The number of nitrogens with zero attached hydrogens (tertiary/aromatic N) is 2. The summed E-state index contributed by atoms with van der Waals surface area (Å²) in [4.78, 5) is 6.10. The summed E-state index contributed by atoms with van der Waals surface area (Å²) in [6.07, 6.45) is 5.07. The Balaban J connectivity index is 2.16. The normalized spacial score (nSPS) is 15.7. The zero-order valence-corrected chi connectivity index (χ0v) is 10.2. The van der Waals surface area contributed by atoms with Gasteiger partial charge in [-0.25, -0.2) is 8.78 Å². The molecule has 0 atom stereocenters. The number of halogens is 2. The number of aromatic nitrogens is 1. The molecule has 1 heterocycles. The summed E-state index contributed by atoms with van der Waals surface area (Å²) in [6, 6.07) is 4.53. The van der Waals surface area contributed by atoms with Gasteiger partial charge in [0, 0.05) is 36.4 Å². The van der Waals surface area contributed by atoms with Crippen molar-refractivity contribution in [2.45, 2.75) is 25.3 Å². The van der Waals surface area contributed by atoms with Crippen LogP contribution >= 0.6 is 0 Å². The quantitative estimate of drug-likeness (QED) is 0.808. The molecule has 0 unspecified atom stereocenters. The monoisotopic (exact) mass is 248 g/mol. The van der Waals surface area contributed by atoms with E-state index in [0.29, 0.717) is 11.4 Å². The minimum absolute atomic E-state index is 0.236. The molecule has 1 saturated carbocycles. The molecule has 94 valence electrons. The van der Waals surface area contributed by atoms with Crippen molar-refractivity contribution in [1.82, 2.24) is 4.98 Å². The first-order chi connectivity index (χ1) is 8.66. The standard InChI is InChI=1S/C14H14F2N2/c1-18(10-3-2-4-10)13-5-6-17-14-11(13)7-9(15)8-12(14)16/h5-8,10H,2-4H2,1H3. The van der Waals surface area contributed by atoms with Gasteiger partial charge in [0.05, 0.1) is 0 Å². The predicted molar refractivity (Wildman–Crippen MR) is 67.7 cm³/mol. The van der Waals surface area contributed by atoms with Crippen LogP contribution in [0.3, 0.4) is 0 Å². The molecule has 0 radical (unpaired) electrons. The summed E-state index contributed by atoms with van der Waals surface area (Å²) in [6.45, 7) is 0. The van der Waals surface area contributed by atoms with Gasteiger partial charge in [-0.15, -0.1) is 0 Å². The second kappa shape index (κ2) is 4.19. The van der Waals surface area contributed by atoms with Crippen LogP contribution in [-0.2, 0) is 0 Å². The summed E-state index contributed by atoms with van der Waals surface area (Å²) in [5, 5.41) is 0.546. The van der Waals surface area contributed by atoms with Crippen LogP contribution in [-0.4, -0.2) is 18.1 Å². The van der Waals surface area contributed by atoms with Gasteiger partial charge in [0.25, 0.3) is 0 Å². The smallest absolute Gasteiger partial charge is 0.152 e. The SMILES string of the molecule is CN(c1ccnc2c(F)cc(F)cc12)C1CCC1.